The van der Waals surface area contributed by atoms with E-state index in [0.717, 1.165) is 5.57 Å². The Morgan fingerprint density at radius 3 is 2.90 bits per heavy atom. The standard InChI is InChI=1S/C15H17NO5/c1-21-14(18)6-7-16-9-12-8-11(15(19)20)3-2-10(12)4-5-13(16)17/h2-3,8-10H,4-7H2,1H3,(H,19,20). The molecule has 1 atom stereocenters. The minimum atomic E-state index is -0.998. The summed E-state index contributed by atoms with van der Waals surface area (Å²) in [6.45, 7) is 0.238. The van der Waals surface area contributed by atoms with Crippen LogP contribution in [-0.2, 0) is 19.1 Å². The average Bonchev–Trinajstić information content (AvgIpc) is 2.63. The summed E-state index contributed by atoms with van der Waals surface area (Å²) in [5.41, 5.74) is 0.977. The second-order valence-corrected chi connectivity index (χ2v) is 4.95. The van der Waals surface area contributed by atoms with Gasteiger partial charge in [0.05, 0.1) is 19.1 Å². The van der Waals surface area contributed by atoms with Crippen molar-refractivity contribution in [2.24, 2.45) is 5.92 Å². The van der Waals surface area contributed by atoms with Crippen LogP contribution in [0.15, 0.2) is 35.6 Å². The molecule has 0 aromatic heterocycles. The van der Waals surface area contributed by atoms with Crippen molar-refractivity contribution < 1.29 is 24.2 Å². The predicted molar refractivity (Wildman–Crippen MR) is 74.0 cm³/mol. The number of hydrogen-bond donors (Lipinski definition) is 1. The van der Waals surface area contributed by atoms with Gasteiger partial charge in [-0.3, -0.25) is 9.59 Å². The summed E-state index contributed by atoms with van der Waals surface area (Å²) in [4.78, 5) is 35.7. The molecule has 0 bridgehead atoms. The van der Waals surface area contributed by atoms with E-state index in [4.69, 9.17) is 5.11 Å². The van der Waals surface area contributed by atoms with Crippen LogP contribution >= 0.6 is 0 Å². The van der Waals surface area contributed by atoms with Crippen molar-refractivity contribution in [3.05, 3.63) is 35.6 Å². The molecule has 1 aliphatic carbocycles. The van der Waals surface area contributed by atoms with Gasteiger partial charge in [-0.1, -0.05) is 12.2 Å². The number of carboxylic acid groups (broad SMARTS) is 1. The van der Waals surface area contributed by atoms with E-state index < -0.39 is 5.97 Å². The quantitative estimate of drug-likeness (QED) is 0.788. The molecule has 21 heavy (non-hydrogen) atoms. The van der Waals surface area contributed by atoms with Crippen LogP contribution in [0.1, 0.15) is 19.3 Å². The van der Waals surface area contributed by atoms with Crippen LogP contribution in [0.4, 0.5) is 0 Å². The third-order valence-electron chi connectivity index (χ3n) is 3.58. The average molecular weight is 291 g/mol. The number of aliphatic carboxylic acids is 1. The molecule has 0 saturated carbocycles. The number of esters is 1. The van der Waals surface area contributed by atoms with Gasteiger partial charge in [-0.05, 0) is 18.1 Å². The van der Waals surface area contributed by atoms with Crippen LogP contribution < -0.4 is 0 Å². The summed E-state index contributed by atoms with van der Waals surface area (Å²) in [6, 6.07) is 0. The van der Waals surface area contributed by atoms with E-state index in [1.165, 1.54) is 12.0 Å². The van der Waals surface area contributed by atoms with Crippen molar-refractivity contribution in [1.29, 1.82) is 0 Å². The highest BCUT2D eigenvalue weighted by molar-refractivity contribution is 5.91. The molecule has 1 unspecified atom stereocenters. The maximum atomic E-state index is 12.0. The molecule has 2 rings (SSSR count). The molecule has 0 radical (unpaired) electrons. The molecule has 1 amide bonds. The monoisotopic (exact) mass is 291 g/mol. The lowest BCUT2D eigenvalue weighted by Gasteiger charge is -2.18. The highest BCUT2D eigenvalue weighted by atomic mass is 16.5. The molecular formula is C15H17NO5. The number of amides is 1. The van der Waals surface area contributed by atoms with E-state index in [9.17, 15) is 14.4 Å². The molecule has 6 heteroatoms. The van der Waals surface area contributed by atoms with Crippen molar-refractivity contribution in [3.63, 3.8) is 0 Å². The number of carbonyl (C=O) groups is 3. The number of carbonyl (C=O) groups excluding carboxylic acids is 2. The molecule has 0 spiro atoms. The molecule has 1 aliphatic heterocycles. The zero-order chi connectivity index (χ0) is 15.4. The Labute approximate surface area is 122 Å². The Balaban J connectivity index is 2.20. The van der Waals surface area contributed by atoms with Gasteiger partial charge in [0, 0.05) is 25.1 Å². The third-order valence-corrected chi connectivity index (χ3v) is 3.58. The van der Waals surface area contributed by atoms with Gasteiger partial charge in [-0.2, -0.15) is 0 Å². The van der Waals surface area contributed by atoms with Crippen LogP contribution in [0, 0.1) is 5.92 Å². The Morgan fingerprint density at radius 2 is 2.24 bits per heavy atom. The number of allylic oxidation sites excluding steroid dienone is 3. The van der Waals surface area contributed by atoms with E-state index in [1.54, 1.807) is 18.4 Å². The van der Waals surface area contributed by atoms with E-state index in [0.29, 0.717) is 12.8 Å². The van der Waals surface area contributed by atoms with Gasteiger partial charge in [0.1, 0.15) is 0 Å². The smallest absolute Gasteiger partial charge is 0.335 e. The zero-order valence-electron chi connectivity index (χ0n) is 11.7. The molecule has 2 aliphatic rings. The van der Waals surface area contributed by atoms with Gasteiger partial charge in [-0.25, -0.2) is 4.79 Å². The van der Waals surface area contributed by atoms with Crippen molar-refractivity contribution in [2.75, 3.05) is 13.7 Å². The second-order valence-electron chi connectivity index (χ2n) is 4.95. The number of nitrogens with zero attached hydrogens (tertiary/aromatic N) is 1. The molecule has 1 N–H and O–H groups in total. The first-order valence-corrected chi connectivity index (χ1v) is 6.72. The van der Waals surface area contributed by atoms with Gasteiger partial charge in [0.15, 0.2) is 0 Å². The molecule has 0 aromatic rings. The fraction of sp³-hybridized carbons (Fsp3) is 0.400. The summed E-state index contributed by atoms with van der Waals surface area (Å²) in [5, 5.41) is 9.04. The molecule has 6 nitrogen and oxygen atoms in total. The van der Waals surface area contributed by atoms with E-state index >= 15 is 0 Å². The highest BCUT2D eigenvalue weighted by Gasteiger charge is 2.25. The van der Waals surface area contributed by atoms with Gasteiger partial charge in [0.25, 0.3) is 0 Å². The van der Waals surface area contributed by atoms with E-state index in [2.05, 4.69) is 4.74 Å². The second kappa shape index (κ2) is 6.39. The van der Waals surface area contributed by atoms with Gasteiger partial charge < -0.3 is 14.7 Å². The Bertz CT molecular complexity index is 558. The van der Waals surface area contributed by atoms with Crippen molar-refractivity contribution in [2.45, 2.75) is 19.3 Å². The summed E-state index contributed by atoms with van der Waals surface area (Å²) in [6.07, 6.45) is 7.73. The van der Waals surface area contributed by atoms with Gasteiger partial charge in [-0.15, -0.1) is 0 Å². The van der Waals surface area contributed by atoms with Crippen molar-refractivity contribution in [1.82, 2.24) is 4.90 Å². The molecule has 112 valence electrons. The first kappa shape index (κ1) is 15.0. The Hall–Kier alpha value is -2.37. The normalized spacial score (nSPS) is 21.1. The zero-order valence-corrected chi connectivity index (χ0v) is 11.7. The maximum absolute atomic E-state index is 12.0. The lowest BCUT2D eigenvalue weighted by atomic mass is 9.89. The number of carboxylic acids is 1. The van der Waals surface area contributed by atoms with E-state index in [1.807, 2.05) is 6.08 Å². The van der Waals surface area contributed by atoms with Crippen LogP contribution in [0.3, 0.4) is 0 Å². The van der Waals surface area contributed by atoms with E-state index in [-0.39, 0.29) is 36.3 Å². The summed E-state index contributed by atoms with van der Waals surface area (Å²) in [5.74, 6) is -1.41. The molecule has 0 fully saturated rings. The van der Waals surface area contributed by atoms with Crippen molar-refractivity contribution in [3.8, 4) is 0 Å². The van der Waals surface area contributed by atoms with Crippen LogP contribution in [0.5, 0.6) is 0 Å². The first-order chi connectivity index (χ1) is 10.0. The number of fused-ring (bicyclic) bond motifs is 1. The molecule has 0 saturated heterocycles. The summed E-state index contributed by atoms with van der Waals surface area (Å²) in [7, 11) is 1.30. The predicted octanol–water partition coefficient (Wildman–Crippen LogP) is 1.25. The summed E-state index contributed by atoms with van der Waals surface area (Å²) >= 11 is 0. The van der Waals surface area contributed by atoms with Crippen LogP contribution in [0.2, 0.25) is 0 Å². The minimum absolute atomic E-state index is 0.0418. The lowest BCUT2D eigenvalue weighted by Crippen LogP contribution is -2.27. The number of hydrogen-bond acceptors (Lipinski definition) is 4. The molecular weight excluding hydrogens is 274 g/mol. The number of ether oxygens (including phenoxy) is 1. The minimum Gasteiger partial charge on any atom is -0.478 e. The van der Waals surface area contributed by atoms with Gasteiger partial charge in [0.2, 0.25) is 5.91 Å². The summed E-state index contributed by atoms with van der Waals surface area (Å²) < 4.78 is 4.56. The maximum Gasteiger partial charge on any atom is 0.335 e. The molecule has 1 heterocycles. The molecule has 0 aromatic carbocycles. The van der Waals surface area contributed by atoms with Crippen molar-refractivity contribution >= 4 is 17.8 Å². The topological polar surface area (TPSA) is 83.9 Å². The third kappa shape index (κ3) is 3.59. The highest BCUT2D eigenvalue weighted by Crippen LogP contribution is 2.29. The Morgan fingerprint density at radius 1 is 1.48 bits per heavy atom. The van der Waals surface area contributed by atoms with Crippen LogP contribution in [0.25, 0.3) is 0 Å². The fourth-order valence-electron chi connectivity index (χ4n) is 2.37. The SMILES string of the molecule is COC(=O)CCN1C=C2C=C(C(=O)O)C=CC2CCC1=O. The van der Waals surface area contributed by atoms with Gasteiger partial charge >= 0.3 is 11.9 Å². The van der Waals surface area contributed by atoms with Crippen LogP contribution in [-0.4, -0.2) is 41.5 Å². The number of methoxy groups -OCH3 is 1. The fourth-order valence-corrected chi connectivity index (χ4v) is 2.37. The lowest BCUT2D eigenvalue weighted by molar-refractivity contribution is -0.141. The largest absolute Gasteiger partial charge is 0.478 e. The number of rotatable bonds is 4. The first-order valence-electron chi connectivity index (χ1n) is 6.72. The Kier molecular flexibility index (Phi) is 4.57.